The third-order valence-corrected chi connectivity index (χ3v) is 3.06. The Labute approximate surface area is 97.7 Å². The smallest absolute Gasteiger partial charge is 0.305 e. The fourth-order valence-electron chi connectivity index (χ4n) is 1.93. The number of benzene rings is 1. The van der Waals surface area contributed by atoms with Gasteiger partial charge >= 0.3 is 5.69 Å². The Kier molecular flexibility index (Phi) is 3.08. The summed E-state index contributed by atoms with van der Waals surface area (Å²) >= 11 is 0. The zero-order valence-corrected chi connectivity index (χ0v) is 9.40. The van der Waals surface area contributed by atoms with E-state index in [1.807, 2.05) is 0 Å². The van der Waals surface area contributed by atoms with Crippen molar-refractivity contribution in [3.8, 4) is 0 Å². The van der Waals surface area contributed by atoms with Crippen molar-refractivity contribution in [2.24, 2.45) is 0 Å². The van der Waals surface area contributed by atoms with Crippen molar-refractivity contribution in [3.05, 3.63) is 39.7 Å². The Balaban J connectivity index is 2.22. The molecule has 1 heterocycles. The maximum absolute atomic E-state index is 13.1. The fraction of sp³-hybridized carbons (Fsp3) is 0.455. The van der Waals surface area contributed by atoms with Gasteiger partial charge in [-0.25, -0.2) is 0 Å². The Morgan fingerprint density at radius 2 is 2.29 bits per heavy atom. The summed E-state index contributed by atoms with van der Waals surface area (Å²) in [6.45, 7) is 1.41. The zero-order chi connectivity index (χ0) is 12.5. The minimum atomic E-state index is -0.808. The largest absolute Gasteiger partial charge is 0.375 e. The summed E-state index contributed by atoms with van der Waals surface area (Å²) in [6.07, 6.45) is 0.539. The first-order chi connectivity index (χ1) is 8.06. The molecular weight excluding hydrogens is 227 g/mol. The van der Waals surface area contributed by atoms with Crippen LogP contribution in [0.3, 0.4) is 0 Å². The molecule has 1 aromatic carbocycles. The third-order valence-electron chi connectivity index (χ3n) is 3.06. The number of nitro groups is 1. The third kappa shape index (κ3) is 2.27. The molecule has 1 aromatic rings. The molecule has 0 unspecified atom stereocenters. The standard InChI is InChI=1S/C11H13FN2O3/c1-17-11(6-13-7-11)5-8-2-3-9(12)10(4-8)14(15)16/h2-4,13H,5-7H2,1H3. The van der Waals surface area contributed by atoms with Gasteiger partial charge in [0.05, 0.1) is 10.5 Å². The molecule has 0 saturated carbocycles. The first-order valence-corrected chi connectivity index (χ1v) is 5.25. The molecule has 5 nitrogen and oxygen atoms in total. The van der Waals surface area contributed by atoms with E-state index in [0.717, 1.165) is 6.07 Å². The Bertz CT molecular complexity index is 441. The van der Waals surface area contributed by atoms with Crippen LogP contribution in [0.25, 0.3) is 0 Å². The summed E-state index contributed by atoms with van der Waals surface area (Å²) in [7, 11) is 1.61. The van der Waals surface area contributed by atoms with E-state index in [1.54, 1.807) is 13.2 Å². The van der Waals surface area contributed by atoms with E-state index < -0.39 is 16.4 Å². The van der Waals surface area contributed by atoms with E-state index in [4.69, 9.17) is 4.74 Å². The van der Waals surface area contributed by atoms with Crippen molar-refractivity contribution in [2.45, 2.75) is 12.0 Å². The maximum Gasteiger partial charge on any atom is 0.305 e. The van der Waals surface area contributed by atoms with Crippen molar-refractivity contribution >= 4 is 5.69 Å². The minimum Gasteiger partial charge on any atom is -0.375 e. The van der Waals surface area contributed by atoms with Crippen LogP contribution >= 0.6 is 0 Å². The van der Waals surface area contributed by atoms with Crippen LogP contribution in [0, 0.1) is 15.9 Å². The average Bonchev–Trinajstić information content (AvgIpc) is 2.25. The summed E-state index contributed by atoms with van der Waals surface area (Å²) in [5, 5.41) is 13.7. The molecule has 1 N–H and O–H groups in total. The van der Waals surface area contributed by atoms with Crippen molar-refractivity contribution in [1.82, 2.24) is 5.32 Å². The first kappa shape index (κ1) is 11.9. The second kappa shape index (κ2) is 4.38. The van der Waals surface area contributed by atoms with Crippen LogP contribution in [0.15, 0.2) is 18.2 Å². The van der Waals surface area contributed by atoms with E-state index in [9.17, 15) is 14.5 Å². The monoisotopic (exact) mass is 240 g/mol. The van der Waals surface area contributed by atoms with Crippen LogP contribution in [-0.2, 0) is 11.2 Å². The molecule has 0 radical (unpaired) electrons. The lowest BCUT2D eigenvalue weighted by Gasteiger charge is -2.41. The molecular formula is C11H13FN2O3. The van der Waals surface area contributed by atoms with Gasteiger partial charge in [0.25, 0.3) is 0 Å². The van der Waals surface area contributed by atoms with Gasteiger partial charge < -0.3 is 10.1 Å². The van der Waals surface area contributed by atoms with E-state index in [-0.39, 0.29) is 5.60 Å². The Hall–Kier alpha value is -1.53. The van der Waals surface area contributed by atoms with Gasteiger partial charge in [-0.3, -0.25) is 10.1 Å². The van der Waals surface area contributed by atoms with E-state index in [2.05, 4.69) is 5.32 Å². The number of nitrogens with one attached hydrogen (secondary N) is 1. The number of ether oxygens (including phenoxy) is 1. The minimum absolute atomic E-state index is 0.314. The number of rotatable bonds is 4. The summed E-state index contributed by atoms with van der Waals surface area (Å²) in [4.78, 5) is 9.90. The molecule has 92 valence electrons. The highest BCUT2D eigenvalue weighted by atomic mass is 19.1. The Morgan fingerprint density at radius 3 is 2.76 bits per heavy atom. The predicted octanol–water partition coefficient (Wildman–Crippen LogP) is 1.26. The number of hydrogen-bond acceptors (Lipinski definition) is 4. The summed E-state index contributed by atoms with van der Waals surface area (Å²) in [5.41, 5.74) is -0.0893. The molecule has 0 spiro atoms. The van der Waals surface area contributed by atoms with Gasteiger partial charge in [0.1, 0.15) is 0 Å². The van der Waals surface area contributed by atoms with Crippen LogP contribution in [0.2, 0.25) is 0 Å². The van der Waals surface area contributed by atoms with Crippen molar-refractivity contribution in [1.29, 1.82) is 0 Å². The zero-order valence-electron chi connectivity index (χ0n) is 9.40. The van der Waals surface area contributed by atoms with Crippen molar-refractivity contribution in [3.63, 3.8) is 0 Å². The van der Waals surface area contributed by atoms with E-state index in [0.29, 0.717) is 25.1 Å². The van der Waals surface area contributed by atoms with Gasteiger partial charge in [0, 0.05) is 32.7 Å². The second-order valence-corrected chi connectivity index (χ2v) is 4.21. The predicted molar refractivity (Wildman–Crippen MR) is 59.4 cm³/mol. The van der Waals surface area contributed by atoms with Gasteiger partial charge in [0.2, 0.25) is 5.82 Å². The van der Waals surface area contributed by atoms with Gasteiger partial charge in [-0.2, -0.15) is 4.39 Å². The van der Waals surface area contributed by atoms with Gasteiger partial charge in [0.15, 0.2) is 0 Å². The van der Waals surface area contributed by atoms with Crippen LogP contribution in [0.1, 0.15) is 5.56 Å². The highest BCUT2D eigenvalue weighted by Gasteiger charge is 2.37. The summed E-state index contributed by atoms with van der Waals surface area (Å²) < 4.78 is 18.5. The number of nitro benzene ring substituents is 1. The number of hydrogen-bond donors (Lipinski definition) is 1. The van der Waals surface area contributed by atoms with Crippen molar-refractivity contribution < 1.29 is 14.1 Å². The lowest BCUT2D eigenvalue weighted by Crippen LogP contribution is -2.61. The molecule has 0 atom stereocenters. The van der Waals surface area contributed by atoms with Crippen LogP contribution in [-0.4, -0.2) is 30.7 Å². The van der Waals surface area contributed by atoms with E-state index in [1.165, 1.54) is 6.07 Å². The molecule has 1 fully saturated rings. The van der Waals surface area contributed by atoms with Crippen molar-refractivity contribution in [2.75, 3.05) is 20.2 Å². The molecule has 1 aliphatic heterocycles. The molecule has 0 amide bonds. The maximum atomic E-state index is 13.1. The van der Waals surface area contributed by atoms with Gasteiger partial charge in [-0.15, -0.1) is 0 Å². The Morgan fingerprint density at radius 1 is 1.59 bits per heavy atom. The first-order valence-electron chi connectivity index (χ1n) is 5.25. The van der Waals surface area contributed by atoms with Crippen LogP contribution in [0.4, 0.5) is 10.1 Å². The fourth-order valence-corrected chi connectivity index (χ4v) is 1.93. The molecule has 6 heteroatoms. The molecule has 0 bridgehead atoms. The molecule has 0 aliphatic carbocycles. The normalized spacial score (nSPS) is 17.5. The average molecular weight is 240 g/mol. The lowest BCUT2D eigenvalue weighted by molar-refractivity contribution is -0.387. The SMILES string of the molecule is COC1(Cc2ccc(F)c([N+](=O)[O-])c2)CNC1. The van der Waals surface area contributed by atoms with Crippen LogP contribution < -0.4 is 5.32 Å². The second-order valence-electron chi connectivity index (χ2n) is 4.21. The van der Waals surface area contributed by atoms with Crippen LogP contribution in [0.5, 0.6) is 0 Å². The molecule has 0 aromatic heterocycles. The molecule has 1 saturated heterocycles. The van der Waals surface area contributed by atoms with E-state index >= 15 is 0 Å². The van der Waals surface area contributed by atoms with Gasteiger partial charge in [-0.1, -0.05) is 6.07 Å². The number of halogens is 1. The molecule has 17 heavy (non-hydrogen) atoms. The number of methoxy groups -OCH3 is 1. The topological polar surface area (TPSA) is 64.4 Å². The van der Waals surface area contributed by atoms with Gasteiger partial charge in [-0.05, 0) is 11.6 Å². The quantitative estimate of drug-likeness (QED) is 0.635. The highest BCUT2D eigenvalue weighted by molar-refractivity contribution is 5.37. The molecule has 2 rings (SSSR count). The summed E-state index contributed by atoms with van der Waals surface area (Å²) in [6, 6.07) is 3.96. The number of nitrogens with zero attached hydrogens (tertiary/aromatic N) is 1. The summed E-state index contributed by atoms with van der Waals surface area (Å²) in [5.74, 6) is -0.808. The lowest BCUT2D eigenvalue weighted by atomic mass is 9.88. The highest BCUT2D eigenvalue weighted by Crippen LogP contribution is 2.25. The molecule has 1 aliphatic rings.